The van der Waals surface area contributed by atoms with Crippen molar-refractivity contribution in [3.63, 3.8) is 0 Å². The van der Waals surface area contributed by atoms with Gasteiger partial charge in [-0.3, -0.25) is 4.79 Å². The number of esters is 1. The van der Waals surface area contributed by atoms with Gasteiger partial charge < -0.3 is 9.47 Å². The largest absolute Gasteiger partial charge is 0.493 e. The summed E-state index contributed by atoms with van der Waals surface area (Å²) in [7, 11) is 1.46. The summed E-state index contributed by atoms with van der Waals surface area (Å²) in [6.07, 6.45) is 0.676. The molecule has 20 heavy (non-hydrogen) atoms. The molecule has 0 radical (unpaired) electrons. The fraction of sp³-hybridized carbons (Fsp3) is 0.0667. The lowest BCUT2D eigenvalue weighted by Gasteiger charge is -2.10. The van der Waals surface area contributed by atoms with Crippen molar-refractivity contribution in [3.8, 4) is 11.5 Å². The Morgan fingerprint density at radius 2 is 1.90 bits per heavy atom. The average Bonchev–Trinajstić information content (AvgIpc) is 2.47. The maximum absolute atomic E-state index is 12.1. The maximum Gasteiger partial charge on any atom is 0.344 e. The lowest BCUT2D eigenvalue weighted by atomic mass is 10.2. The zero-order valence-electron chi connectivity index (χ0n) is 10.6. The first-order chi connectivity index (χ1) is 9.65. The zero-order valence-corrected chi connectivity index (χ0v) is 12.2. The van der Waals surface area contributed by atoms with Gasteiger partial charge in [-0.1, -0.05) is 12.1 Å². The van der Waals surface area contributed by atoms with Crippen molar-refractivity contribution in [2.24, 2.45) is 0 Å². The first-order valence-corrected chi connectivity index (χ1v) is 6.55. The molecule has 102 valence electrons. The molecule has 2 rings (SSSR count). The van der Waals surface area contributed by atoms with E-state index in [-0.39, 0.29) is 5.75 Å². The quantitative estimate of drug-likeness (QED) is 0.488. The summed E-state index contributed by atoms with van der Waals surface area (Å²) in [5, 5.41) is 0. The summed E-state index contributed by atoms with van der Waals surface area (Å²) in [6.45, 7) is 0. The third kappa shape index (κ3) is 3.05. The molecule has 0 heterocycles. The molecule has 0 bridgehead atoms. The second-order valence-electron chi connectivity index (χ2n) is 3.90. The van der Waals surface area contributed by atoms with Crippen LogP contribution in [0.4, 0.5) is 0 Å². The van der Waals surface area contributed by atoms with Crippen LogP contribution in [0.15, 0.2) is 46.9 Å². The van der Waals surface area contributed by atoms with Crippen LogP contribution in [-0.2, 0) is 0 Å². The Hall–Kier alpha value is -2.14. The molecule has 0 atom stereocenters. The Morgan fingerprint density at radius 3 is 2.55 bits per heavy atom. The molecule has 0 spiro atoms. The number of carbonyl (C=O) groups is 2. The molecule has 0 unspecified atom stereocenters. The minimum atomic E-state index is -0.529. The first-order valence-electron chi connectivity index (χ1n) is 5.75. The second-order valence-corrected chi connectivity index (χ2v) is 4.75. The summed E-state index contributed by atoms with van der Waals surface area (Å²) >= 11 is 3.29. The monoisotopic (exact) mass is 334 g/mol. The summed E-state index contributed by atoms with van der Waals surface area (Å²) in [6, 6.07) is 11.5. The minimum Gasteiger partial charge on any atom is -0.493 e. The molecule has 0 aliphatic carbocycles. The van der Waals surface area contributed by atoms with E-state index in [2.05, 4.69) is 15.9 Å². The number of aldehydes is 1. The van der Waals surface area contributed by atoms with Crippen LogP contribution in [0.25, 0.3) is 0 Å². The van der Waals surface area contributed by atoms with E-state index in [0.717, 1.165) is 0 Å². The molecule has 2 aromatic carbocycles. The van der Waals surface area contributed by atoms with Crippen molar-refractivity contribution in [1.29, 1.82) is 0 Å². The smallest absolute Gasteiger partial charge is 0.344 e. The topological polar surface area (TPSA) is 52.6 Å². The van der Waals surface area contributed by atoms with Gasteiger partial charge in [-0.2, -0.15) is 0 Å². The van der Waals surface area contributed by atoms with E-state index in [1.807, 2.05) is 0 Å². The summed E-state index contributed by atoms with van der Waals surface area (Å²) in [5.41, 5.74) is 0.798. The van der Waals surface area contributed by atoms with Gasteiger partial charge in [0.1, 0.15) is 6.29 Å². The highest BCUT2D eigenvalue weighted by atomic mass is 79.9. The van der Waals surface area contributed by atoms with Crippen molar-refractivity contribution in [3.05, 3.63) is 58.1 Å². The van der Waals surface area contributed by atoms with E-state index in [1.165, 1.54) is 13.2 Å². The molecule has 4 nitrogen and oxygen atoms in total. The van der Waals surface area contributed by atoms with E-state index in [1.54, 1.807) is 36.4 Å². The number of halogens is 1. The van der Waals surface area contributed by atoms with E-state index >= 15 is 0 Å². The molecule has 2 aromatic rings. The standard InChI is InChI=1S/C15H11BrO4/c1-19-13-7-6-10(9-17)8-14(13)20-15(18)11-4-2-3-5-12(11)16/h2-9H,1H3. The molecule has 0 N–H and O–H groups in total. The SMILES string of the molecule is COc1ccc(C=O)cc1OC(=O)c1ccccc1Br. The van der Waals surface area contributed by atoms with Gasteiger partial charge in [-0.05, 0) is 46.3 Å². The predicted molar refractivity (Wildman–Crippen MR) is 77.5 cm³/mol. The minimum absolute atomic E-state index is 0.206. The van der Waals surface area contributed by atoms with Gasteiger partial charge >= 0.3 is 5.97 Å². The number of carbonyl (C=O) groups excluding carboxylic acids is 2. The first kappa shape index (κ1) is 14.3. The molecule has 0 aliphatic heterocycles. The molecule has 0 saturated heterocycles. The maximum atomic E-state index is 12.1. The van der Waals surface area contributed by atoms with E-state index in [0.29, 0.717) is 27.6 Å². The van der Waals surface area contributed by atoms with Gasteiger partial charge in [0.05, 0.1) is 12.7 Å². The van der Waals surface area contributed by atoms with E-state index < -0.39 is 5.97 Å². The van der Waals surface area contributed by atoms with Gasteiger partial charge in [0.25, 0.3) is 0 Å². The second kappa shape index (κ2) is 6.34. The number of methoxy groups -OCH3 is 1. The number of ether oxygens (including phenoxy) is 2. The lowest BCUT2D eigenvalue weighted by Crippen LogP contribution is -2.10. The van der Waals surface area contributed by atoms with Crippen LogP contribution in [-0.4, -0.2) is 19.4 Å². The third-order valence-corrected chi connectivity index (χ3v) is 3.31. The van der Waals surface area contributed by atoms with E-state index in [9.17, 15) is 9.59 Å². The van der Waals surface area contributed by atoms with Crippen molar-refractivity contribution in [1.82, 2.24) is 0 Å². The van der Waals surface area contributed by atoms with Crippen LogP contribution in [0.3, 0.4) is 0 Å². The van der Waals surface area contributed by atoms with Crippen molar-refractivity contribution in [2.45, 2.75) is 0 Å². The molecular formula is C15H11BrO4. The van der Waals surface area contributed by atoms with Crippen LogP contribution < -0.4 is 9.47 Å². The zero-order chi connectivity index (χ0) is 14.5. The van der Waals surface area contributed by atoms with Gasteiger partial charge in [0, 0.05) is 10.0 Å². The summed E-state index contributed by atoms with van der Waals surface area (Å²) in [4.78, 5) is 22.9. The highest BCUT2D eigenvalue weighted by Crippen LogP contribution is 2.29. The fourth-order valence-corrected chi connectivity index (χ4v) is 2.07. The fourth-order valence-electron chi connectivity index (χ4n) is 1.63. The highest BCUT2D eigenvalue weighted by Gasteiger charge is 2.15. The van der Waals surface area contributed by atoms with Crippen molar-refractivity contribution in [2.75, 3.05) is 7.11 Å². The lowest BCUT2D eigenvalue weighted by molar-refractivity contribution is 0.0728. The molecule has 5 heteroatoms. The average molecular weight is 335 g/mol. The third-order valence-electron chi connectivity index (χ3n) is 2.62. The van der Waals surface area contributed by atoms with Crippen LogP contribution in [0, 0.1) is 0 Å². The van der Waals surface area contributed by atoms with Crippen LogP contribution in [0.5, 0.6) is 11.5 Å². The number of hydrogen-bond acceptors (Lipinski definition) is 4. The molecule has 0 amide bonds. The van der Waals surface area contributed by atoms with Crippen molar-refractivity contribution < 1.29 is 19.1 Å². The number of benzene rings is 2. The number of rotatable bonds is 4. The Bertz CT molecular complexity index is 652. The molecule has 0 fully saturated rings. The van der Waals surface area contributed by atoms with Gasteiger partial charge in [0.2, 0.25) is 0 Å². The Morgan fingerprint density at radius 1 is 1.15 bits per heavy atom. The van der Waals surface area contributed by atoms with Crippen molar-refractivity contribution >= 4 is 28.2 Å². The van der Waals surface area contributed by atoms with Crippen LogP contribution in [0.1, 0.15) is 20.7 Å². The predicted octanol–water partition coefficient (Wildman–Crippen LogP) is 3.49. The molecule has 0 aromatic heterocycles. The Kier molecular flexibility index (Phi) is 4.53. The van der Waals surface area contributed by atoms with E-state index in [4.69, 9.17) is 9.47 Å². The van der Waals surface area contributed by atoms with Gasteiger partial charge in [0.15, 0.2) is 11.5 Å². The van der Waals surface area contributed by atoms with Crippen LogP contribution >= 0.6 is 15.9 Å². The molecule has 0 saturated carbocycles. The van der Waals surface area contributed by atoms with Gasteiger partial charge in [-0.25, -0.2) is 4.79 Å². The Balaban J connectivity index is 2.32. The molecule has 0 aliphatic rings. The Labute approximate surface area is 124 Å². The highest BCUT2D eigenvalue weighted by molar-refractivity contribution is 9.10. The number of hydrogen-bond donors (Lipinski definition) is 0. The van der Waals surface area contributed by atoms with Gasteiger partial charge in [-0.15, -0.1) is 0 Å². The summed E-state index contributed by atoms with van der Waals surface area (Å²) in [5.74, 6) is 0.0627. The summed E-state index contributed by atoms with van der Waals surface area (Å²) < 4.78 is 11.0. The normalized spacial score (nSPS) is 9.90. The molecular weight excluding hydrogens is 324 g/mol. The van der Waals surface area contributed by atoms with Crippen LogP contribution in [0.2, 0.25) is 0 Å².